The Hall–Kier alpha value is -2.71. The van der Waals surface area contributed by atoms with Crippen LogP contribution in [0.3, 0.4) is 0 Å². The van der Waals surface area contributed by atoms with Gasteiger partial charge in [0.1, 0.15) is 6.10 Å². The molecular formula is C36H59N3O5. The summed E-state index contributed by atoms with van der Waals surface area (Å²) >= 11 is 0. The van der Waals surface area contributed by atoms with Gasteiger partial charge in [-0.25, -0.2) is 0 Å². The molecule has 44 heavy (non-hydrogen) atoms. The highest BCUT2D eigenvalue weighted by molar-refractivity contribution is 5.99. The Kier molecular flexibility index (Phi) is 17.3. The molecule has 8 nitrogen and oxygen atoms in total. The molecule has 1 atom stereocenters. The zero-order chi connectivity index (χ0) is 32.3. The van der Waals surface area contributed by atoms with Crippen LogP contribution >= 0.6 is 0 Å². The van der Waals surface area contributed by atoms with Gasteiger partial charge in [-0.2, -0.15) is 0 Å². The summed E-state index contributed by atoms with van der Waals surface area (Å²) < 4.78 is 11.5. The van der Waals surface area contributed by atoms with Gasteiger partial charge in [0, 0.05) is 24.8 Å². The predicted molar refractivity (Wildman–Crippen MR) is 179 cm³/mol. The number of nitrogens with one attached hydrogen (secondary N) is 3. The lowest BCUT2D eigenvalue weighted by Crippen LogP contribution is -2.56. The summed E-state index contributed by atoms with van der Waals surface area (Å²) in [6.45, 7) is 10.2. The summed E-state index contributed by atoms with van der Waals surface area (Å²) in [6.07, 6.45) is 20.4. The summed E-state index contributed by atoms with van der Waals surface area (Å²) in [4.78, 5) is 38.0. The van der Waals surface area contributed by atoms with Crippen molar-refractivity contribution in [2.75, 3.05) is 23.8 Å². The number of allylic oxidation sites excluding steroid dienone is 2. The smallest absolute Gasteiger partial charge is 0.249 e. The van der Waals surface area contributed by atoms with Crippen molar-refractivity contribution in [3.63, 3.8) is 0 Å². The lowest BCUT2D eigenvalue weighted by atomic mass is 9.85. The molecule has 0 aliphatic carbocycles. The Balaban J connectivity index is 1.60. The van der Waals surface area contributed by atoms with Crippen molar-refractivity contribution in [1.29, 1.82) is 0 Å². The quantitative estimate of drug-likeness (QED) is 0.0956. The highest BCUT2D eigenvalue weighted by atomic mass is 16.7. The van der Waals surface area contributed by atoms with Crippen LogP contribution in [-0.2, 0) is 23.9 Å². The van der Waals surface area contributed by atoms with Crippen molar-refractivity contribution in [3.8, 4) is 0 Å². The number of hydrogen-bond acceptors (Lipinski definition) is 5. The maximum absolute atomic E-state index is 12.8. The highest BCUT2D eigenvalue weighted by Crippen LogP contribution is 2.34. The number of carbonyl (C=O) groups excluding carboxylic acids is 3. The number of anilines is 2. The van der Waals surface area contributed by atoms with Gasteiger partial charge in [-0.1, -0.05) is 96.4 Å². The zero-order valence-corrected chi connectivity index (χ0v) is 28.1. The molecule has 3 N–H and O–H groups in total. The number of amides is 3. The molecular weight excluding hydrogens is 554 g/mol. The number of hydrogen-bond donors (Lipinski definition) is 3. The van der Waals surface area contributed by atoms with Crippen molar-refractivity contribution >= 4 is 29.1 Å². The van der Waals surface area contributed by atoms with E-state index in [2.05, 4.69) is 35.0 Å². The molecule has 0 saturated carbocycles. The van der Waals surface area contributed by atoms with Crippen LogP contribution < -0.4 is 16.0 Å². The second-order valence-corrected chi connectivity index (χ2v) is 13.2. The second-order valence-electron chi connectivity index (χ2n) is 13.2. The number of para-hydroxylation sites is 2. The van der Waals surface area contributed by atoms with E-state index in [0.717, 1.165) is 25.7 Å². The summed E-state index contributed by atoms with van der Waals surface area (Å²) in [7, 11) is 0. The molecule has 0 radical (unpaired) electrons. The van der Waals surface area contributed by atoms with Crippen molar-refractivity contribution in [2.24, 2.45) is 5.41 Å². The Labute approximate surface area is 266 Å². The summed E-state index contributed by atoms with van der Waals surface area (Å²) in [5.41, 5.74) is 0.628. The minimum atomic E-state index is -0.840. The van der Waals surface area contributed by atoms with Gasteiger partial charge in [0.25, 0.3) is 0 Å². The fourth-order valence-electron chi connectivity index (χ4n) is 5.20. The van der Waals surface area contributed by atoms with Gasteiger partial charge in [0.15, 0.2) is 5.79 Å². The predicted octanol–water partition coefficient (Wildman–Crippen LogP) is 8.29. The Morgan fingerprint density at radius 1 is 0.773 bits per heavy atom. The number of ether oxygens (including phenoxy) is 2. The molecule has 1 aromatic rings. The summed E-state index contributed by atoms with van der Waals surface area (Å²) in [5.74, 6) is -1.41. The van der Waals surface area contributed by atoms with Crippen LogP contribution in [-0.4, -0.2) is 42.8 Å². The third-order valence-electron chi connectivity index (χ3n) is 7.93. The van der Waals surface area contributed by atoms with Crippen LogP contribution in [0.4, 0.5) is 11.4 Å². The van der Waals surface area contributed by atoms with Crippen LogP contribution in [0.25, 0.3) is 0 Å². The highest BCUT2D eigenvalue weighted by Gasteiger charge is 2.45. The molecule has 0 bridgehead atoms. The van der Waals surface area contributed by atoms with Crippen LogP contribution in [0.2, 0.25) is 0 Å². The third kappa shape index (κ3) is 15.3. The number of unbranched alkanes of at least 4 members (excludes halogenated alkanes) is 11. The first-order valence-corrected chi connectivity index (χ1v) is 17.0. The summed E-state index contributed by atoms with van der Waals surface area (Å²) in [6, 6.07) is 7.17. The minimum absolute atomic E-state index is 0.0569. The number of carbonyl (C=O) groups is 3. The van der Waals surface area contributed by atoms with Crippen LogP contribution in [0.1, 0.15) is 131 Å². The van der Waals surface area contributed by atoms with Crippen molar-refractivity contribution < 1.29 is 23.9 Å². The molecule has 0 spiro atoms. The minimum Gasteiger partial charge on any atom is -0.353 e. The maximum atomic E-state index is 12.8. The van der Waals surface area contributed by atoms with E-state index in [1.54, 1.807) is 26.0 Å². The monoisotopic (exact) mass is 613 g/mol. The van der Waals surface area contributed by atoms with E-state index < -0.39 is 17.3 Å². The maximum Gasteiger partial charge on any atom is 0.249 e. The van der Waals surface area contributed by atoms with Gasteiger partial charge >= 0.3 is 0 Å². The summed E-state index contributed by atoms with van der Waals surface area (Å²) in [5, 5.41) is 8.61. The SMILES string of the molecule is CCCCCCCCC=CCCCCCCCC(=O)Nc1ccccc1NC(=O)CCNC(=O)C1OC(C)(C)OCC1(C)C. The number of benzene rings is 1. The van der Waals surface area contributed by atoms with E-state index in [-0.39, 0.29) is 30.7 Å². The molecule has 248 valence electrons. The molecule has 2 rings (SSSR count). The van der Waals surface area contributed by atoms with Gasteiger partial charge in [-0.3, -0.25) is 14.4 Å². The van der Waals surface area contributed by atoms with Gasteiger partial charge in [-0.05, 0) is 58.1 Å². The molecule has 1 saturated heterocycles. The van der Waals surface area contributed by atoms with Crippen molar-refractivity contribution in [2.45, 2.75) is 143 Å². The zero-order valence-electron chi connectivity index (χ0n) is 28.1. The Bertz CT molecular complexity index is 1040. The molecule has 1 heterocycles. The van der Waals surface area contributed by atoms with E-state index in [4.69, 9.17) is 9.47 Å². The Morgan fingerprint density at radius 3 is 1.89 bits per heavy atom. The molecule has 1 fully saturated rings. The van der Waals surface area contributed by atoms with E-state index in [9.17, 15) is 14.4 Å². The topological polar surface area (TPSA) is 106 Å². The van der Waals surface area contributed by atoms with Crippen LogP contribution in [0, 0.1) is 5.41 Å². The molecule has 0 aromatic heterocycles. The Morgan fingerprint density at radius 2 is 1.30 bits per heavy atom. The molecule has 1 aliphatic rings. The molecule has 1 unspecified atom stereocenters. The van der Waals surface area contributed by atoms with E-state index in [1.807, 2.05) is 26.0 Å². The molecule has 1 aromatic carbocycles. The van der Waals surface area contributed by atoms with Crippen LogP contribution in [0.5, 0.6) is 0 Å². The van der Waals surface area contributed by atoms with Gasteiger partial charge in [0.2, 0.25) is 17.7 Å². The van der Waals surface area contributed by atoms with Gasteiger partial charge in [0.05, 0.1) is 18.0 Å². The molecule has 8 heteroatoms. The normalized spacial score (nSPS) is 17.3. The first-order valence-electron chi connectivity index (χ1n) is 17.0. The second kappa shape index (κ2) is 20.3. The average molecular weight is 614 g/mol. The fourth-order valence-corrected chi connectivity index (χ4v) is 5.20. The third-order valence-corrected chi connectivity index (χ3v) is 7.93. The van der Waals surface area contributed by atoms with E-state index >= 15 is 0 Å². The lowest BCUT2D eigenvalue weighted by molar-refractivity contribution is -0.304. The molecule has 3 amide bonds. The first-order chi connectivity index (χ1) is 21.0. The first kappa shape index (κ1) is 37.5. The van der Waals surface area contributed by atoms with E-state index in [1.165, 1.54) is 57.8 Å². The van der Waals surface area contributed by atoms with Gasteiger partial charge < -0.3 is 25.4 Å². The van der Waals surface area contributed by atoms with Crippen molar-refractivity contribution in [1.82, 2.24) is 5.32 Å². The fraction of sp³-hybridized carbons (Fsp3) is 0.694. The van der Waals surface area contributed by atoms with E-state index in [0.29, 0.717) is 24.4 Å². The van der Waals surface area contributed by atoms with Gasteiger partial charge in [-0.15, -0.1) is 0 Å². The molecule has 1 aliphatic heterocycles. The van der Waals surface area contributed by atoms with Crippen LogP contribution in [0.15, 0.2) is 36.4 Å². The number of rotatable bonds is 21. The average Bonchev–Trinajstić information content (AvgIpc) is 2.97. The lowest BCUT2D eigenvalue weighted by Gasteiger charge is -2.44. The largest absolute Gasteiger partial charge is 0.353 e. The standard InChI is InChI=1S/C36H59N3O5/c1-6-7-8-9-10-11-12-13-14-15-16-17-18-19-20-25-31(40)38-29-23-21-22-24-30(29)39-32(41)26-27-37-34(42)33-35(2,3)28-43-36(4,5)44-33/h13-14,21-24,33H,6-12,15-20,25-28H2,1-5H3,(H,37,42)(H,38,40)(H,39,41). The van der Waals surface area contributed by atoms with Crippen molar-refractivity contribution in [3.05, 3.63) is 36.4 Å².